The van der Waals surface area contributed by atoms with Crippen molar-refractivity contribution in [2.45, 2.75) is 12.2 Å². The Kier molecular flexibility index (Phi) is 4.53. The number of nitrogens with one attached hydrogen (secondary N) is 1. The van der Waals surface area contributed by atoms with Crippen LogP contribution in [-0.2, 0) is 4.79 Å². The van der Waals surface area contributed by atoms with Gasteiger partial charge < -0.3 is 5.11 Å². The summed E-state index contributed by atoms with van der Waals surface area (Å²) >= 11 is 5.39. The molecule has 0 bridgehead atoms. The van der Waals surface area contributed by atoms with Crippen molar-refractivity contribution in [3.8, 4) is 0 Å². The first kappa shape index (κ1) is 14.7. The molecule has 1 atom stereocenters. The molecule has 0 aliphatic carbocycles. The van der Waals surface area contributed by atoms with Crippen LogP contribution in [0.15, 0.2) is 18.2 Å². The Hall–Kier alpha value is -1.34. The number of carboxylic acids is 1. The van der Waals surface area contributed by atoms with Crippen LogP contribution in [0.25, 0.3) is 0 Å². The van der Waals surface area contributed by atoms with Crippen molar-refractivity contribution in [1.29, 1.82) is 0 Å². The molecule has 0 radical (unpaired) electrons. The molecule has 0 fully saturated rings. The van der Waals surface area contributed by atoms with Gasteiger partial charge >= 0.3 is 12.1 Å². The Labute approximate surface area is 104 Å². The predicted octanol–water partition coefficient (Wildman–Crippen LogP) is 2.76. The van der Waals surface area contributed by atoms with E-state index in [0.717, 1.165) is 18.2 Å². The number of carboxylic acid groups (broad SMARTS) is 1. The van der Waals surface area contributed by atoms with E-state index in [1.807, 2.05) is 0 Å². The van der Waals surface area contributed by atoms with E-state index in [-0.39, 0.29) is 10.6 Å². The minimum absolute atomic E-state index is 0.145. The van der Waals surface area contributed by atoms with E-state index < -0.39 is 30.5 Å². The predicted molar refractivity (Wildman–Crippen MR) is 55.8 cm³/mol. The van der Waals surface area contributed by atoms with Crippen molar-refractivity contribution < 1.29 is 27.5 Å². The summed E-state index contributed by atoms with van der Waals surface area (Å²) in [5, 5.41) is 10.3. The minimum Gasteiger partial charge on any atom is -0.480 e. The second-order valence-corrected chi connectivity index (χ2v) is 3.85. The number of halogens is 5. The first-order chi connectivity index (χ1) is 8.20. The maximum absolute atomic E-state index is 13.1. The van der Waals surface area contributed by atoms with Crippen LogP contribution in [0.2, 0.25) is 5.02 Å². The van der Waals surface area contributed by atoms with Gasteiger partial charge in [-0.3, -0.25) is 10.1 Å². The van der Waals surface area contributed by atoms with Gasteiger partial charge in [0.15, 0.2) is 0 Å². The number of benzene rings is 1. The zero-order valence-corrected chi connectivity index (χ0v) is 9.52. The van der Waals surface area contributed by atoms with Gasteiger partial charge in [0, 0.05) is 0 Å². The molecule has 3 nitrogen and oxygen atoms in total. The van der Waals surface area contributed by atoms with Crippen molar-refractivity contribution in [2.24, 2.45) is 0 Å². The highest BCUT2D eigenvalue weighted by molar-refractivity contribution is 6.30. The third-order valence-corrected chi connectivity index (χ3v) is 2.34. The molecule has 1 aromatic rings. The molecule has 0 amide bonds. The maximum atomic E-state index is 13.1. The standard InChI is InChI=1S/C10H8ClF4NO2/c11-6-2-1-5(3-7(6)12)8(9(17)18)16-4-10(13,14)15/h1-3,8,16H,4H2,(H,17,18). The second kappa shape index (κ2) is 5.53. The van der Waals surface area contributed by atoms with E-state index in [2.05, 4.69) is 0 Å². The smallest absolute Gasteiger partial charge is 0.401 e. The lowest BCUT2D eigenvalue weighted by atomic mass is 10.1. The summed E-state index contributed by atoms with van der Waals surface area (Å²) in [5.74, 6) is -2.44. The summed E-state index contributed by atoms with van der Waals surface area (Å²) in [4.78, 5) is 10.8. The molecule has 1 unspecified atom stereocenters. The summed E-state index contributed by atoms with van der Waals surface area (Å²) in [7, 11) is 0. The Morgan fingerprint density at radius 3 is 2.50 bits per heavy atom. The molecule has 2 N–H and O–H groups in total. The fourth-order valence-corrected chi connectivity index (χ4v) is 1.38. The van der Waals surface area contributed by atoms with Gasteiger partial charge in [0.05, 0.1) is 11.6 Å². The van der Waals surface area contributed by atoms with Gasteiger partial charge in [0.2, 0.25) is 0 Å². The third-order valence-electron chi connectivity index (χ3n) is 2.03. The van der Waals surface area contributed by atoms with E-state index >= 15 is 0 Å². The van der Waals surface area contributed by atoms with Gasteiger partial charge in [0.25, 0.3) is 0 Å². The summed E-state index contributed by atoms with van der Waals surface area (Å²) in [6.07, 6.45) is -4.56. The highest BCUT2D eigenvalue weighted by Crippen LogP contribution is 2.22. The van der Waals surface area contributed by atoms with Crippen molar-refractivity contribution >= 4 is 17.6 Å². The lowest BCUT2D eigenvalue weighted by Gasteiger charge is -2.16. The van der Waals surface area contributed by atoms with E-state index in [1.54, 1.807) is 5.32 Å². The number of carbonyl (C=O) groups is 1. The fourth-order valence-electron chi connectivity index (χ4n) is 1.26. The van der Waals surface area contributed by atoms with E-state index in [4.69, 9.17) is 16.7 Å². The average Bonchev–Trinajstić information content (AvgIpc) is 2.21. The Morgan fingerprint density at radius 2 is 2.06 bits per heavy atom. The monoisotopic (exact) mass is 285 g/mol. The minimum atomic E-state index is -4.56. The van der Waals surface area contributed by atoms with Crippen LogP contribution in [0.4, 0.5) is 17.6 Å². The number of hydrogen-bond donors (Lipinski definition) is 2. The average molecular weight is 286 g/mol. The lowest BCUT2D eigenvalue weighted by Crippen LogP contribution is -2.36. The summed E-state index contributed by atoms with van der Waals surface area (Å²) in [6.45, 7) is -1.49. The van der Waals surface area contributed by atoms with E-state index in [1.165, 1.54) is 0 Å². The lowest BCUT2D eigenvalue weighted by molar-refractivity contribution is -0.143. The molecule has 0 aromatic heterocycles. The molecular weight excluding hydrogens is 278 g/mol. The summed E-state index contributed by atoms with van der Waals surface area (Å²) in [6, 6.07) is 1.36. The molecule has 100 valence electrons. The number of aliphatic carboxylic acids is 1. The Balaban J connectivity index is 2.91. The number of alkyl halides is 3. The van der Waals surface area contributed by atoms with Crippen LogP contribution in [-0.4, -0.2) is 23.8 Å². The first-order valence-electron chi connectivity index (χ1n) is 4.68. The van der Waals surface area contributed by atoms with Gasteiger partial charge in [-0.2, -0.15) is 13.2 Å². The van der Waals surface area contributed by atoms with Crippen molar-refractivity contribution in [3.63, 3.8) is 0 Å². The molecule has 18 heavy (non-hydrogen) atoms. The van der Waals surface area contributed by atoms with Crippen molar-refractivity contribution in [2.75, 3.05) is 6.54 Å². The molecule has 8 heteroatoms. The topological polar surface area (TPSA) is 49.3 Å². The van der Waals surface area contributed by atoms with Gasteiger partial charge in [-0.05, 0) is 17.7 Å². The zero-order valence-electron chi connectivity index (χ0n) is 8.76. The number of hydrogen-bond acceptors (Lipinski definition) is 2. The van der Waals surface area contributed by atoms with Crippen LogP contribution in [0.1, 0.15) is 11.6 Å². The normalized spacial score (nSPS) is 13.4. The highest BCUT2D eigenvalue weighted by atomic mass is 35.5. The first-order valence-corrected chi connectivity index (χ1v) is 5.06. The van der Waals surface area contributed by atoms with Gasteiger partial charge in [0.1, 0.15) is 11.9 Å². The van der Waals surface area contributed by atoms with E-state index in [0.29, 0.717) is 0 Å². The molecule has 0 spiro atoms. The third kappa shape index (κ3) is 4.15. The van der Waals surface area contributed by atoms with Crippen LogP contribution in [0.3, 0.4) is 0 Å². The SMILES string of the molecule is O=C(O)C(NCC(F)(F)F)c1ccc(Cl)c(F)c1. The fraction of sp³-hybridized carbons (Fsp3) is 0.300. The highest BCUT2D eigenvalue weighted by Gasteiger charge is 2.30. The van der Waals surface area contributed by atoms with Crippen LogP contribution < -0.4 is 5.32 Å². The summed E-state index contributed by atoms with van der Waals surface area (Å²) in [5.41, 5.74) is -0.145. The molecule has 0 aliphatic rings. The molecule has 0 saturated carbocycles. The molecular formula is C10H8ClF4NO2. The largest absolute Gasteiger partial charge is 0.480 e. The molecule has 0 aliphatic heterocycles. The molecule has 0 heterocycles. The molecule has 1 aromatic carbocycles. The molecule has 1 rings (SSSR count). The maximum Gasteiger partial charge on any atom is 0.401 e. The number of rotatable bonds is 4. The zero-order chi connectivity index (χ0) is 13.9. The van der Waals surface area contributed by atoms with Gasteiger partial charge in [-0.15, -0.1) is 0 Å². The Bertz CT molecular complexity index is 450. The van der Waals surface area contributed by atoms with Crippen molar-refractivity contribution in [3.05, 3.63) is 34.6 Å². The Morgan fingerprint density at radius 1 is 1.44 bits per heavy atom. The van der Waals surface area contributed by atoms with Crippen molar-refractivity contribution in [1.82, 2.24) is 5.32 Å². The summed E-state index contributed by atoms with van der Waals surface area (Å²) < 4.78 is 49.1. The van der Waals surface area contributed by atoms with Gasteiger partial charge in [-0.25, -0.2) is 4.39 Å². The second-order valence-electron chi connectivity index (χ2n) is 3.44. The van der Waals surface area contributed by atoms with E-state index in [9.17, 15) is 22.4 Å². The van der Waals surface area contributed by atoms with Crippen LogP contribution in [0.5, 0.6) is 0 Å². The van der Waals surface area contributed by atoms with Crippen LogP contribution in [0, 0.1) is 5.82 Å². The van der Waals surface area contributed by atoms with Crippen LogP contribution >= 0.6 is 11.6 Å². The van der Waals surface area contributed by atoms with Gasteiger partial charge in [-0.1, -0.05) is 17.7 Å². The molecule has 0 saturated heterocycles. The quantitative estimate of drug-likeness (QED) is 0.836.